The highest BCUT2D eigenvalue weighted by molar-refractivity contribution is 7.21. The first-order valence-electron chi connectivity index (χ1n) is 8.73. The van der Waals surface area contributed by atoms with Gasteiger partial charge in [0, 0.05) is 21.7 Å². The van der Waals surface area contributed by atoms with Gasteiger partial charge in [0.1, 0.15) is 9.71 Å². The number of carbonyl (C=O) groups excluding carboxylic acids is 1. The summed E-state index contributed by atoms with van der Waals surface area (Å²) >= 11 is 13.5. The Hall–Kier alpha value is -1.62. The summed E-state index contributed by atoms with van der Waals surface area (Å²) in [5.74, 6) is -0.172. The Morgan fingerprint density at radius 3 is 2.65 bits per heavy atom. The Labute approximate surface area is 166 Å². The number of fused-ring (bicyclic) bond motifs is 3. The van der Waals surface area contributed by atoms with E-state index in [1.165, 1.54) is 28.9 Å². The normalized spacial score (nSPS) is 13.8. The molecule has 6 heteroatoms. The summed E-state index contributed by atoms with van der Waals surface area (Å²) in [5, 5.41) is 1.80. The second kappa shape index (κ2) is 6.84. The Balaban J connectivity index is 1.92. The van der Waals surface area contributed by atoms with Gasteiger partial charge in [-0.25, -0.2) is 4.98 Å². The molecule has 0 atom stereocenters. The molecule has 0 fully saturated rings. The fraction of sp³-hybridized carbons (Fsp3) is 0.300. The lowest BCUT2D eigenvalue weighted by molar-refractivity contribution is 0.104. The van der Waals surface area contributed by atoms with Crippen molar-refractivity contribution in [1.29, 1.82) is 0 Å². The van der Waals surface area contributed by atoms with Crippen LogP contribution in [0.4, 0.5) is 5.69 Å². The second-order valence-corrected chi connectivity index (χ2v) is 8.40. The van der Waals surface area contributed by atoms with Gasteiger partial charge in [0.05, 0.1) is 10.7 Å². The van der Waals surface area contributed by atoms with Crippen LogP contribution >= 0.6 is 34.5 Å². The predicted molar refractivity (Wildman–Crippen MR) is 110 cm³/mol. The molecule has 0 radical (unpaired) electrons. The van der Waals surface area contributed by atoms with Crippen molar-refractivity contribution in [1.82, 2.24) is 4.98 Å². The molecular formula is C20H18Cl2N2OS. The van der Waals surface area contributed by atoms with Crippen LogP contribution in [0.5, 0.6) is 0 Å². The lowest BCUT2D eigenvalue weighted by Crippen LogP contribution is -2.09. The standard InChI is InChI=1S/C20H18Cl2N2OS/c1-2-15-11-5-3-4-6-12(11)16-17(23)19(26-20(16)24-15)18(25)13-8-7-10(21)9-14(13)22/h7-9H,2-6,23H2,1H3. The number of benzene rings is 1. The van der Waals surface area contributed by atoms with Gasteiger partial charge in [0.2, 0.25) is 5.78 Å². The SMILES string of the molecule is CCc1nc2sc(C(=O)c3ccc(Cl)cc3Cl)c(N)c2c2c1CCCC2. The van der Waals surface area contributed by atoms with Crippen LogP contribution in [-0.2, 0) is 19.3 Å². The van der Waals surface area contributed by atoms with Crippen molar-refractivity contribution in [2.45, 2.75) is 39.0 Å². The zero-order valence-electron chi connectivity index (χ0n) is 14.4. The van der Waals surface area contributed by atoms with E-state index in [0.29, 0.717) is 26.2 Å². The summed E-state index contributed by atoms with van der Waals surface area (Å²) in [7, 11) is 0. The summed E-state index contributed by atoms with van der Waals surface area (Å²) in [4.78, 5) is 19.3. The molecule has 0 saturated heterocycles. The number of aryl methyl sites for hydroxylation is 2. The molecule has 0 unspecified atom stereocenters. The van der Waals surface area contributed by atoms with Crippen molar-refractivity contribution in [2.75, 3.05) is 5.73 Å². The van der Waals surface area contributed by atoms with Gasteiger partial charge in [0.15, 0.2) is 0 Å². The highest BCUT2D eigenvalue weighted by atomic mass is 35.5. The third kappa shape index (κ3) is 2.81. The fourth-order valence-electron chi connectivity index (χ4n) is 3.75. The first kappa shape index (κ1) is 17.8. The summed E-state index contributed by atoms with van der Waals surface area (Å²) in [6.45, 7) is 2.12. The van der Waals surface area contributed by atoms with Crippen LogP contribution < -0.4 is 5.73 Å². The minimum absolute atomic E-state index is 0.172. The summed E-state index contributed by atoms with van der Waals surface area (Å²) in [6.07, 6.45) is 5.27. The number of nitrogens with two attached hydrogens (primary N) is 1. The van der Waals surface area contributed by atoms with E-state index in [1.54, 1.807) is 18.2 Å². The number of aromatic nitrogens is 1. The Morgan fingerprint density at radius 1 is 1.23 bits per heavy atom. The number of carbonyl (C=O) groups is 1. The van der Waals surface area contributed by atoms with Crippen LogP contribution in [0.3, 0.4) is 0 Å². The summed E-state index contributed by atoms with van der Waals surface area (Å²) in [5.41, 5.74) is 11.2. The third-order valence-electron chi connectivity index (χ3n) is 5.00. The number of nitrogen functional groups attached to an aromatic ring is 1. The van der Waals surface area contributed by atoms with E-state index in [1.807, 2.05) is 0 Å². The molecule has 3 nitrogen and oxygen atoms in total. The Bertz CT molecular complexity index is 1040. The third-order valence-corrected chi connectivity index (χ3v) is 6.64. The minimum Gasteiger partial charge on any atom is -0.397 e. The maximum atomic E-state index is 13.1. The average Bonchev–Trinajstić information content (AvgIpc) is 2.97. The maximum absolute atomic E-state index is 13.1. The highest BCUT2D eigenvalue weighted by Crippen LogP contribution is 2.41. The molecule has 4 rings (SSSR count). The van der Waals surface area contributed by atoms with E-state index in [-0.39, 0.29) is 5.78 Å². The number of anilines is 1. The van der Waals surface area contributed by atoms with Gasteiger partial charge in [-0.2, -0.15) is 0 Å². The Kier molecular flexibility index (Phi) is 4.68. The number of thiophene rings is 1. The minimum atomic E-state index is -0.172. The molecule has 2 aromatic heterocycles. The molecule has 0 aliphatic heterocycles. The van der Waals surface area contributed by atoms with Crippen molar-refractivity contribution in [3.8, 4) is 0 Å². The molecule has 1 aliphatic rings. The zero-order chi connectivity index (χ0) is 18.4. The van der Waals surface area contributed by atoms with E-state index in [2.05, 4.69) is 6.92 Å². The molecule has 1 aliphatic carbocycles. The van der Waals surface area contributed by atoms with E-state index in [4.69, 9.17) is 33.9 Å². The van der Waals surface area contributed by atoms with E-state index in [0.717, 1.165) is 41.6 Å². The molecule has 2 heterocycles. The molecule has 134 valence electrons. The van der Waals surface area contributed by atoms with Gasteiger partial charge in [-0.3, -0.25) is 4.79 Å². The number of nitrogens with zero attached hydrogens (tertiary/aromatic N) is 1. The van der Waals surface area contributed by atoms with Crippen LogP contribution in [0.15, 0.2) is 18.2 Å². The summed E-state index contributed by atoms with van der Waals surface area (Å²) < 4.78 is 0. The van der Waals surface area contributed by atoms with Crippen molar-refractivity contribution in [2.24, 2.45) is 0 Å². The zero-order valence-corrected chi connectivity index (χ0v) is 16.7. The topological polar surface area (TPSA) is 56.0 Å². The fourth-order valence-corrected chi connectivity index (χ4v) is 5.34. The smallest absolute Gasteiger partial charge is 0.206 e. The molecule has 1 aromatic carbocycles. The average molecular weight is 405 g/mol. The first-order chi connectivity index (χ1) is 12.5. The van der Waals surface area contributed by atoms with Gasteiger partial charge in [-0.15, -0.1) is 11.3 Å². The molecule has 26 heavy (non-hydrogen) atoms. The maximum Gasteiger partial charge on any atom is 0.206 e. The van der Waals surface area contributed by atoms with Crippen molar-refractivity contribution in [3.05, 3.63) is 55.5 Å². The van der Waals surface area contributed by atoms with Crippen molar-refractivity contribution < 1.29 is 4.79 Å². The summed E-state index contributed by atoms with van der Waals surface area (Å²) in [6, 6.07) is 4.89. The number of hydrogen-bond donors (Lipinski definition) is 1. The van der Waals surface area contributed by atoms with Crippen LogP contribution in [0.2, 0.25) is 10.0 Å². The first-order valence-corrected chi connectivity index (χ1v) is 10.3. The Morgan fingerprint density at radius 2 is 1.96 bits per heavy atom. The largest absolute Gasteiger partial charge is 0.397 e. The monoisotopic (exact) mass is 404 g/mol. The van der Waals surface area contributed by atoms with Crippen molar-refractivity contribution >= 4 is 56.2 Å². The lowest BCUT2D eigenvalue weighted by Gasteiger charge is -2.19. The van der Waals surface area contributed by atoms with Crippen LogP contribution in [0.1, 0.15) is 51.8 Å². The van der Waals surface area contributed by atoms with Gasteiger partial charge in [-0.05, 0) is 61.4 Å². The number of rotatable bonds is 3. The number of halogens is 2. The van der Waals surface area contributed by atoms with Crippen LogP contribution in [-0.4, -0.2) is 10.8 Å². The lowest BCUT2D eigenvalue weighted by atomic mass is 9.88. The highest BCUT2D eigenvalue weighted by Gasteiger charge is 2.26. The van der Waals surface area contributed by atoms with E-state index < -0.39 is 0 Å². The molecule has 0 spiro atoms. The van der Waals surface area contributed by atoms with Crippen LogP contribution in [0, 0.1) is 0 Å². The molecule has 2 N–H and O–H groups in total. The molecule has 0 saturated carbocycles. The predicted octanol–water partition coefficient (Wildman–Crippen LogP) is 5.86. The van der Waals surface area contributed by atoms with Gasteiger partial charge in [-0.1, -0.05) is 30.1 Å². The van der Waals surface area contributed by atoms with Crippen LogP contribution in [0.25, 0.3) is 10.2 Å². The molecule has 0 amide bonds. The van der Waals surface area contributed by atoms with E-state index in [9.17, 15) is 4.79 Å². The number of ketones is 1. The number of hydrogen-bond acceptors (Lipinski definition) is 4. The quantitative estimate of drug-likeness (QED) is 0.556. The number of pyridine rings is 1. The molecular weight excluding hydrogens is 387 g/mol. The van der Waals surface area contributed by atoms with Gasteiger partial charge >= 0.3 is 0 Å². The van der Waals surface area contributed by atoms with Crippen molar-refractivity contribution in [3.63, 3.8) is 0 Å². The second-order valence-electron chi connectivity index (χ2n) is 6.55. The van der Waals surface area contributed by atoms with Gasteiger partial charge in [0.25, 0.3) is 0 Å². The molecule has 0 bridgehead atoms. The molecule has 3 aromatic rings. The van der Waals surface area contributed by atoms with Gasteiger partial charge < -0.3 is 5.73 Å². The van der Waals surface area contributed by atoms with E-state index >= 15 is 0 Å².